The molecule has 1 aliphatic heterocycles. The molecule has 2 aromatic rings. The Balaban J connectivity index is 1.68. The number of para-hydroxylation sites is 2. The van der Waals surface area contributed by atoms with Crippen LogP contribution in [0.1, 0.15) is 30.9 Å². The molecule has 158 valence electrons. The molecule has 0 unspecified atom stereocenters. The van der Waals surface area contributed by atoms with Gasteiger partial charge in [0.25, 0.3) is 5.91 Å². The number of likely N-dealkylation sites (N-methyl/N-ethyl adjacent to an activating group) is 2. The van der Waals surface area contributed by atoms with Gasteiger partial charge >= 0.3 is 5.97 Å². The minimum Gasteiger partial charge on any atom is -0.457 e. The summed E-state index contributed by atoms with van der Waals surface area (Å²) in [6.45, 7) is 4.44. The number of carbonyl (C=O) groups excluding carboxylic acids is 3. The molecule has 1 aliphatic rings. The molecule has 7 heteroatoms. The normalized spacial score (nSPS) is 12.2. The van der Waals surface area contributed by atoms with Gasteiger partial charge in [-0.1, -0.05) is 36.4 Å². The van der Waals surface area contributed by atoms with Gasteiger partial charge in [-0.15, -0.1) is 0 Å². The van der Waals surface area contributed by atoms with Gasteiger partial charge in [0.05, 0.1) is 6.54 Å². The lowest BCUT2D eigenvalue weighted by atomic mass is 9.88. The van der Waals surface area contributed by atoms with Crippen LogP contribution in [0.15, 0.2) is 48.5 Å². The van der Waals surface area contributed by atoms with E-state index in [0.717, 1.165) is 0 Å². The molecule has 7 nitrogen and oxygen atoms in total. The first kappa shape index (κ1) is 21.4. The molecule has 0 radical (unpaired) electrons. The van der Waals surface area contributed by atoms with Crippen molar-refractivity contribution < 1.29 is 23.9 Å². The van der Waals surface area contributed by atoms with Crippen molar-refractivity contribution in [2.75, 3.05) is 33.3 Å². The van der Waals surface area contributed by atoms with Crippen molar-refractivity contribution >= 4 is 17.8 Å². The van der Waals surface area contributed by atoms with Gasteiger partial charge in [0.2, 0.25) is 5.91 Å². The highest BCUT2D eigenvalue weighted by Gasteiger charge is 2.34. The van der Waals surface area contributed by atoms with Crippen molar-refractivity contribution in [1.29, 1.82) is 0 Å². The third-order valence-electron chi connectivity index (χ3n) is 5.17. The Morgan fingerprint density at radius 2 is 1.43 bits per heavy atom. The van der Waals surface area contributed by atoms with Crippen LogP contribution in [0.3, 0.4) is 0 Å². The molecule has 0 atom stereocenters. The molecule has 0 bridgehead atoms. The molecule has 30 heavy (non-hydrogen) atoms. The fraction of sp³-hybridized carbons (Fsp3) is 0.348. The van der Waals surface area contributed by atoms with E-state index in [1.165, 1.54) is 11.9 Å². The van der Waals surface area contributed by atoms with Gasteiger partial charge in [0.1, 0.15) is 17.4 Å². The summed E-state index contributed by atoms with van der Waals surface area (Å²) in [6, 6.07) is 14.5. The summed E-state index contributed by atoms with van der Waals surface area (Å²) in [6.07, 6.45) is 0. The van der Waals surface area contributed by atoms with E-state index in [4.69, 9.17) is 9.47 Å². The second kappa shape index (κ2) is 9.43. The number of amides is 2. The Kier molecular flexibility index (Phi) is 6.72. The zero-order chi connectivity index (χ0) is 21.7. The number of fused-ring (bicyclic) bond motifs is 2. The third kappa shape index (κ3) is 4.45. The molecule has 1 heterocycles. The molecule has 3 rings (SSSR count). The zero-order valence-electron chi connectivity index (χ0n) is 17.5. The van der Waals surface area contributed by atoms with Gasteiger partial charge in [0.15, 0.2) is 6.61 Å². The topological polar surface area (TPSA) is 76.2 Å². The molecule has 0 aliphatic carbocycles. The highest BCUT2D eigenvalue weighted by atomic mass is 16.5. The summed E-state index contributed by atoms with van der Waals surface area (Å²) in [4.78, 5) is 40.5. The monoisotopic (exact) mass is 410 g/mol. The molecule has 0 fully saturated rings. The van der Waals surface area contributed by atoms with Crippen LogP contribution in [0.4, 0.5) is 0 Å². The predicted octanol–water partition coefficient (Wildman–Crippen LogP) is 2.79. The van der Waals surface area contributed by atoms with Gasteiger partial charge in [0, 0.05) is 31.3 Å². The molecule has 0 saturated heterocycles. The highest BCUT2D eigenvalue weighted by molar-refractivity contribution is 5.89. The van der Waals surface area contributed by atoms with E-state index < -0.39 is 24.4 Å². The number of esters is 1. The maximum Gasteiger partial charge on any atom is 0.318 e. The Morgan fingerprint density at radius 1 is 0.900 bits per heavy atom. The lowest BCUT2D eigenvalue weighted by molar-refractivity contribution is -0.153. The van der Waals surface area contributed by atoms with Gasteiger partial charge < -0.3 is 19.3 Å². The summed E-state index contributed by atoms with van der Waals surface area (Å²) < 4.78 is 11.2. The van der Waals surface area contributed by atoms with Crippen molar-refractivity contribution in [1.82, 2.24) is 9.80 Å². The van der Waals surface area contributed by atoms with Crippen molar-refractivity contribution in [3.63, 3.8) is 0 Å². The number of nitrogens with zero attached hydrogens (tertiary/aromatic N) is 2. The molecule has 0 aromatic heterocycles. The van der Waals surface area contributed by atoms with E-state index in [1.54, 1.807) is 17.0 Å². The summed E-state index contributed by atoms with van der Waals surface area (Å²) >= 11 is 0. The minimum absolute atomic E-state index is 0.0546. The number of hydrogen-bond acceptors (Lipinski definition) is 5. The Bertz CT molecular complexity index is 893. The first-order valence-corrected chi connectivity index (χ1v) is 10.00. The molecule has 0 N–H and O–H groups in total. The Hall–Kier alpha value is -3.35. The van der Waals surface area contributed by atoms with Crippen LogP contribution < -0.4 is 4.74 Å². The van der Waals surface area contributed by atoms with E-state index >= 15 is 0 Å². The minimum atomic E-state index is -0.679. The van der Waals surface area contributed by atoms with E-state index in [9.17, 15) is 14.4 Å². The lowest BCUT2D eigenvalue weighted by Crippen LogP contribution is -2.42. The molecule has 2 aromatic carbocycles. The molecular weight excluding hydrogens is 384 g/mol. The maximum atomic E-state index is 13.0. The number of carbonyl (C=O) groups is 3. The highest BCUT2D eigenvalue weighted by Crippen LogP contribution is 2.44. The van der Waals surface area contributed by atoms with E-state index in [0.29, 0.717) is 35.7 Å². The third-order valence-corrected chi connectivity index (χ3v) is 5.17. The number of benzene rings is 2. The summed E-state index contributed by atoms with van der Waals surface area (Å²) in [5.41, 5.74) is 1.39. The van der Waals surface area contributed by atoms with Crippen LogP contribution in [0.5, 0.6) is 11.5 Å². The standard InChI is InChI=1S/C23H26N2O5/c1-4-25(5-2)20(26)14-24(3)21(27)15-29-23(28)22-16-10-6-8-12-18(16)30-19-13-9-7-11-17(19)22/h6-13,22H,4-5,14-15H2,1-3H3. The Morgan fingerprint density at radius 3 is 1.97 bits per heavy atom. The number of ether oxygens (including phenoxy) is 2. The fourth-order valence-corrected chi connectivity index (χ4v) is 3.46. The van der Waals surface area contributed by atoms with Crippen LogP contribution in [0, 0.1) is 0 Å². The van der Waals surface area contributed by atoms with E-state index in [1.807, 2.05) is 50.2 Å². The van der Waals surface area contributed by atoms with E-state index in [2.05, 4.69) is 0 Å². The van der Waals surface area contributed by atoms with Crippen molar-refractivity contribution in [2.24, 2.45) is 0 Å². The van der Waals surface area contributed by atoms with E-state index in [-0.39, 0.29) is 12.5 Å². The predicted molar refractivity (Wildman–Crippen MR) is 111 cm³/mol. The molecule has 2 amide bonds. The molecular formula is C23H26N2O5. The summed E-state index contributed by atoms with van der Waals surface area (Å²) in [7, 11) is 1.52. The Labute approximate surface area is 176 Å². The second-order valence-corrected chi connectivity index (χ2v) is 7.03. The smallest absolute Gasteiger partial charge is 0.318 e. The van der Waals surface area contributed by atoms with Gasteiger partial charge in [-0.2, -0.15) is 0 Å². The lowest BCUT2D eigenvalue weighted by Gasteiger charge is -2.27. The average molecular weight is 410 g/mol. The number of hydrogen-bond donors (Lipinski definition) is 0. The van der Waals surface area contributed by atoms with Crippen LogP contribution in [0.25, 0.3) is 0 Å². The van der Waals surface area contributed by atoms with Crippen LogP contribution in [0.2, 0.25) is 0 Å². The maximum absolute atomic E-state index is 13.0. The first-order chi connectivity index (χ1) is 14.5. The zero-order valence-corrected chi connectivity index (χ0v) is 17.5. The quantitative estimate of drug-likeness (QED) is 0.656. The fourth-order valence-electron chi connectivity index (χ4n) is 3.46. The number of rotatable bonds is 7. The van der Waals surface area contributed by atoms with Crippen molar-refractivity contribution in [3.8, 4) is 11.5 Å². The second-order valence-electron chi connectivity index (χ2n) is 7.03. The van der Waals surface area contributed by atoms with Gasteiger partial charge in [-0.05, 0) is 26.0 Å². The van der Waals surface area contributed by atoms with Crippen molar-refractivity contribution in [2.45, 2.75) is 19.8 Å². The van der Waals surface area contributed by atoms with Crippen LogP contribution >= 0.6 is 0 Å². The summed E-state index contributed by atoms with van der Waals surface area (Å²) in [5.74, 6) is -0.610. The molecule has 0 spiro atoms. The average Bonchev–Trinajstić information content (AvgIpc) is 2.76. The van der Waals surface area contributed by atoms with Crippen molar-refractivity contribution in [3.05, 3.63) is 59.7 Å². The molecule has 0 saturated carbocycles. The summed E-state index contributed by atoms with van der Waals surface area (Å²) in [5, 5.41) is 0. The SMILES string of the molecule is CCN(CC)C(=O)CN(C)C(=O)COC(=O)C1c2ccccc2Oc2ccccc21. The first-order valence-electron chi connectivity index (χ1n) is 10.00. The largest absolute Gasteiger partial charge is 0.457 e. The van der Waals surface area contributed by atoms with Crippen LogP contribution in [-0.2, 0) is 19.1 Å². The van der Waals surface area contributed by atoms with Gasteiger partial charge in [-0.3, -0.25) is 14.4 Å². The van der Waals surface area contributed by atoms with Gasteiger partial charge in [-0.25, -0.2) is 0 Å². The van der Waals surface area contributed by atoms with Crippen LogP contribution in [-0.4, -0.2) is 60.9 Å².